The summed E-state index contributed by atoms with van der Waals surface area (Å²) in [7, 11) is 0. The number of hydrogen-bond acceptors (Lipinski definition) is 4. The van der Waals surface area contributed by atoms with Crippen LogP contribution in [0.2, 0.25) is 0 Å². The Hall–Kier alpha value is -1.16. The van der Waals surface area contributed by atoms with Crippen LogP contribution in [0.1, 0.15) is 43.6 Å². The molecule has 0 atom stereocenters. The second kappa shape index (κ2) is 5.25. The molecular formula is C12H20N4. The largest absolute Gasteiger partial charge is 0.384 e. The van der Waals surface area contributed by atoms with E-state index >= 15 is 0 Å². The molecule has 0 aromatic carbocycles. The van der Waals surface area contributed by atoms with Crippen LogP contribution in [0.15, 0.2) is 6.07 Å². The van der Waals surface area contributed by atoms with Crippen LogP contribution in [0, 0.1) is 0 Å². The smallest absolute Gasteiger partial charge is 0.130 e. The third-order valence-corrected chi connectivity index (χ3v) is 3.04. The normalized spacial score (nSPS) is 17.6. The van der Waals surface area contributed by atoms with Gasteiger partial charge in [-0.3, -0.25) is 0 Å². The number of nitrogen functional groups attached to an aromatic ring is 1. The minimum Gasteiger partial charge on any atom is -0.384 e. The van der Waals surface area contributed by atoms with E-state index in [1.54, 1.807) is 0 Å². The molecule has 0 spiro atoms. The van der Waals surface area contributed by atoms with Crippen molar-refractivity contribution in [2.75, 3.05) is 18.8 Å². The first kappa shape index (κ1) is 11.3. The zero-order valence-corrected chi connectivity index (χ0v) is 9.87. The Kier molecular flexibility index (Phi) is 3.72. The fourth-order valence-corrected chi connectivity index (χ4v) is 2.20. The Bertz CT molecular complexity index is 345. The summed E-state index contributed by atoms with van der Waals surface area (Å²) in [5.74, 6) is 2.07. The van der Waals surface area contributed by atoms with Crippen molar-refractivity contribution in [1.29, 1.82) is 0 Å². The lowest BCUT2D eigenvalue weighted by molar-refractivity contribution is 0.452. The predicted octanol–water partition coefficient (Wildman–Crippen LogP) is 1.48. The summed E-state index contributed by atoms with van der Waals surface area (Å²) in [6, 6.07) is 1.94. The van der Waals surface area contributed by atoms with Gasteiger partial charge >= 0.3 is 0 Å². The van der Waals surface area contributed by atoms with Gasteiger partial charge in [-0.2, -0.15) is 0 Å². The van der Waals surface area contributed by atoms with Gasteiger partial charge in [0.15, 0.2) is 0 Å². The Morgan fingerprint density at radius 1 is 1.38 bits per heavy atom. The van der Waals surface area contributed by atoms with Gasteiger partial charge in [-0.1, -0.05) is 6.92 Å². The topological polar surface area (TPSA) is 63.8 Å². The van der Waals surface area contributed by atoms with Gasteiger partial charge in [0.05, 0.1) is 0 Å². The van der Waals surface area contributed by atoms with Gasteiger partial charge in [-0.25, -0.2) is 9.97 Å². The number of hydrogen-bond donors (Lipinski definition) is 2. The third-order valence-electron chi connectivity index (χ3n) is 3.04. The van der Waals surface area contributed by atoms with Gasteiger partial charge in [0.1, 0.15) is 11.6 Å². The molecule has 1 aromatic rings. The molecular weight excluding hydrogens is 200 g/mol. The van der Waals surface area contributed by atoms with E-state index < -0.39 is 0 Å². The van der Waals surface area contributed by atoms with Crippen molar-refractivity contribution < 1.29 is 0 Å². The fourth-order valence-electron chi connectivity index (χ4n) is 2.20. The molecule has 16 heavy (non-hydrogen) atoms. The molecule has 4 heteroatoms. The van der Waals surface area contributed by atoms with E-state index in [0.29, 0.717) is 11.7 Å². The number of nitrogens with two attached hydrogens (primary N) is 1. The van der Waals surface area contributed by atoms with Crippen molar-refractivity contribution in [2.45, 2.75) is 38.5 Å². The van der Waals surface area contributed by atoms with Gasteiger partial charge in [0.2, 0.25) is 0 Å². The summed E-state index contributed by atoms with van der Waals surface area (Å²) in [6.45, 7) is 4.30. The van der Waals surface area contributed by atoms with Crippen LogP contribution in [0.5, 0.6) is 0 Å². The van der Waals surface area contributed by atoms with Crippen LogP contribution >= 0.6 is 0 Å². The first-order chi connectivity index (χ1) is 7.79. The Morgan fingerprint density at radius 3 is 2.81 bits per heavy atom. The third kappa shape index (κ3) is 2.70. The summed E-state index contributed by atoms with van der Waals surface area (Å²) in [4.78, 5) is 8.90. The van der Waals surface area contributed by atoms with Gasteiger partial charge in [-0.15, -0.1) is 0 Å². The molecule has 1 aliphatic rings. The van der Waals surface area contributed by atoms with Gasteiger partial charge in [0, 0.05) is 24.1 Å². The first-order valence-electron chi connectivity index (χ1n) is 6.13. The number of nitrogens with one attached hydrogen (secondary N) is 1. The summed E-state index contributed by atoms with van der Waals surface area (Å²) < 4.78 is 0. The lowest BCUT2D eigenvalue weighted by atomic mass is 9.94. The number of aryl methyl sites for hydroxylation is 1. The summed E-state index contributed by atoms with van der Waals surface area (Å²) >= 11 is 0. The lowest BCUT2D eigenvalue weighted by Crippen LogP contribution is -2.27. The predicted molar refractivity (Wildman–Crippen MR) is 65.3 cm³/mol. The minimum atomic E-state index is 0.558. The van der Waals surface area contributed by atoms with Crippen LogP contribution in [0.25, 0.3) is 0 Å². The molecule has 2 heterocycles. The molecule has 1 fully saturated rings. The lowest BCUT2D eigenvalue weighted by Gasteiger charge is -2.22. The van der Waals surface area contributed by atoms with Crippen LogP contribution in [-0.2, 0) is 6.42 Å². The number of nitrogens with zero attached hydrogens (tertiary/aromatic N) is 2. The minimum absolute atomic E-state index is 0.558. The highest BCUT2D eigenvalue weighted by Gasteiger charge is 2.17. The maximum absolute atomic E-state index is 5.83. The second-order valence-corrected chi connectivity index (χ2v) is 4.41. The van der Waals surface area contributed by atoms with Gasteiger partial charge < -0.3 is 11.1 Å². The molecule has 0 bridgehead atoms. The summed E-state index contributed by atoms with van der Waals surface area (Å²) in [5.41, 5.74) is 6.97. The quantitative estimate of drug-likeness (QED) is 0.810. The van der Waals surface area contributed by atoms with E-state index in [0.717, 1.165) is 50.3 Å². The van der Waals surface area contributed by atoms with Gasteiger partial charge in [0.25, 0.3) is 0 Å². The van der Waals surface area contributed by atoms with Crippen molar-refractivity contribution in [3.05, 3.63) is 17.6 Å². The van der Waals surface area contributed by atoms with E-state index in [-0.39, 0.29) is 0 Å². The molecule has 0 unspecified atom stereocenters. The zero-order chi connectivity index (χ0) is 11.4. The highest BCUT2D eigenvalue weighted by Crippen LogP contribution is 2.24. The van der Waals surface area contributed by atoms with Crippen LogP contribution < -0.4 is 11.1 Å². The zero-order valence-electron chi connectivity index (χ0n) is 9.87. The van der Waals surface area contributed by atoms with E-state index in [1.807, 2.05) is 6.07 Å². The highest BCUT2D eigenvalue weighted by molar-refractivity contribution is 5.31. The van der Waals surface area contributed by atoms with E-state index in [2.05, 4.69) is 22.2 Å². The number of rotatable bonds is 3. The average molecular weight is 220 g/mol. The van der Waals surface area contributed by atoms with E-state index in [9.17, 15) is 0 Å². The number of piperidine rings is 1. The average Bonchev–Trinajstić information content (AvgIpc) is 2.30. The molecule has 0 radical (unpaired) electrons. The molecule has 3 N–H and O–H groups in total. The molecule has 0 amide bonds. The van der Waals surface area contributed by atoms with Crippen molar-refractivity contribution in [3.8, 4) is 0 Å². The van der Waals surface area contributed by atoms with Crippen molar-refractivity contribution >= 4 is 5.82 Å². The van der Waals surface area contributed by atoms with Crippen molar-refractivity contribution in [3.63, 3.8) is 0 Å². The van der Waals surface area contributed by atoms with Crippen molar-refractivity contribution in [2.24, 2.45) is 0 Å². The second-order valence-electron chi connectivity index (χ2n) is 4.41. The maximum atomic E-state index is 5.83. The van der Waals surface area contributed by atoms with Crippen molar-refractivity contribution in [1.82, 2.24) is 15.3 Å². The Morgan fingerprint density at radius 2 is 2.12 bits per heavy atom. The molecule has 2 rings (SSSR count). The molecule has 88 valence electrons. The molecule has 4 nitrogen and oxygen atoms in total. The van der Waals surface area contributed by atoms with Crippen LogP contribution in [0.3, 0.4) is 0 Å². The monoisotopic (exact) mass is 220 g/mol. The maximum Gasteiger partial charge on any atom is 0.130 e. The molecule has 1 aromatic heterocycles. The van der Waals surface area contributed by atoms with E-state index in [4.69, 9.17) is 5.73 Å². The molecule has 0 saturated carbocycles. The Balaban J connectivity index is 2.18. The summed E-state index contributed by atoms with van der Waals surface area (Å²) in [5, 5.41) is 3.36. The number of anilines is 1. The standard InChI is InChI=1S/C12H20N4/c1-2-3-12-15-10(8-11(13)16-12)9-4-6-14-7-5-9/h8-9,14H,2-7H2,1H3,(H2,13,15,16). The Labute approximate surface area is 96.7 Å². The SMILES string of the molecule is CCCc1nc(N)cc(C2CCNCC2)n1. The van der Waals surface area contributed by atoms with E-state index in [1.165, 1.54) is 0 Å². The highest BCUT2D eigenvalue weighted by atomic mass is 15.0. The molecule has 1 aliphatic heterocycles. The molecule has 1 saturated heterocycles. The van der Waals surface area contributed by atoms with Crippen LogP contribution in [0.4, 0.5) is 5.82 Å². The first-order valence-corrected chi connectivity index (χ1v) is 6.13. The number of aromatic nitrogens is 2. The fraction of sp³-hybridized carbons (Fsp3) is 0.667. The molecule has 0 aliphatic carbocycles. The van der Waals surface area contributed by atoms with Gasteiger partial charge in [-0.05, 0) is 32.4 Å². The summed E-state index contributed by atoms with van der Waals surface area (Å²) in [6.07, 6.45) is 4.29. The van der Waals surface area contributed by atoms with Crippen LogP contribution in [-0.4, -0.2) is 23.1 Å².